The van der Waals surface area contributed by atoms with Crippen LogP contribution in [-0.4, -0.2) is 30.1 Å². The number of nitrogens with one attached hydrogen (secondary N) is 1. The molecule has 0 aromatic rings. The van der Waals surface area contributed by atoms with E-state index in [2.05, 4.69) is 5.32 Å². The van der Waals surface area contributed by atoms with Gasteiger partial charge in [0.1, 0.15) is 0 Å². The van der Waals surface area contributed by atoms with Gasteiger partial charge in [-0.25, -0.2) is 4.79 Å². The SMILES string of the molecule is O=C(NC1CCCCC1)N1CCC2(CC1)CC2. The molecule has 1 N–H and O–H groups in total. The molecule has 0 radical (unpaired) electrons. The molecule has 0 bridgehead atoms. The van der Waals surface area contributed by atoms with Crippen molar-refractivity contribution in [2.45, 2.75) is 63.8 Å². The first-order chi connectivity index (χ1) is 8.27. The van der Waals surface area contributed by atoms with Gasteiger partial charge in [-0.05, 0) is 43.9 Å². The number of carbonyl (C=O) groups is 1. The second-order valence-corrected chi connectivity index (χ2v) is 6.27. The lowest BCUT2D eigenvalue weighted by Gasteiger charge is -2.34. The summed E-state index contributed by atoms with van der Waals surface area (Å²) in [6.45, 7) is 1.97. The molecule has 1 heterocycles. The van der Waals surface area contributed by atoms with E-state index in [1.54, 1.807) is 0 Å². The lowest BCUT2D eigenvalue weighted by molar-refractivity contribution is 0.159. The number of carbonyl (C=O) groups excluding carboxylic acids is 1. The summed E-state index contributed by atoms with van der Waals surface area (Å²) in [4.78, 5) is 14.2. The first-order valence-corrected chi connectivity index (χ1v) is 7.33. The fraction of sp³-hybridized carbons (Fsp3) is 0.929. The average Bonchev–Trinajstić information content (AvgIpc) is 3.11. The van der Waals surface area contributed by atoms with Crippen molar-refractivity contribution in [3.63, 3.8) is 0 Å². The van der Waals surface area contributed by atoms with Crippen molar-refractivity contribution < 1.29 is 4.79 Å². The number of piperidine rings is 1. The molecule has 0 atom stereocenters. The van der Waals surface area contributed by atoms with Crippen LogP contribution in [-0.2, 0) is 0 Å². The summed E-state index contributed by atoms with van der Waals surface area (Å²) in [6, 6.07) is 0.653. The Kier molecular flexibility index (Phi) is 3.01. The first kappa shape index (κ1) is 11.4. The quantitative estimate of drug-likeness (QED) is 0.746. The molecule has 0 aromatic carbocycles. The summed E-state index contributed by atoms with van der Waals surface area (Å²) >= 11 is 0. The third-order valence-corrected chi connectivity index (χ3v) is 5.00. The van der Waals surface area contributed by atoms with Gasteiger partial charge >= 0.3 is 6.03 Å². The number of nitrogens with zero attached hydrogens (tertiary/aromatic N) is 1. The van der Waals surface area contributed by atoms with Gasteiger partial charge in [0.25, 0.3) is 0 Å². The predicted molar refractivity (Wildman–Crippen MR) is 67.9 cm³/mol. The molecule has 3 fully saturated rings. The molecule has 3 nitrogen and oxygen atoms in total. The van der Waals surface area contributed by atoms with Gasteiger partial charge in [0.2, 0.25) is 0 Å². The Morgan fingerprint density at radius 3 is 2.24 bits per heavy atom. The number of likely N-dealkylation sites (tertiary alicyclic amines) is 1. The smallest absolute Gasteiger partial charge is 0.317 e. The highest BCUT2D eigenvalue weighted by atomic mass is 16.2. The monoisotopic (exact) mass is 236 g/mol. The Morgan fingerprint density at radius 2 is 1.65 bits per heavy atom. The van der Waals surface area contributed by atoms with Gasteiger partial charge in [-0.3, -0.25) is 0 Å². The molecule has 1 saturated heterocycles. The molecular weight excluding hydrogens is 212 g/mol. The molecule has 2 saturated carbocycles. The van der Waals surface area contributed by atoms with E-state index in [0.29, 0.717) is 11.5 Å². The molecule has 3 aliphatic rings. The second-order valence-electron chi connectivity index (χ2n) is 6.27. The summed E-state index contributed by atoms with van der Waals surface area (Å²) in [6.07, 6.45) is 11.6. The normalized spacial score (nSPS) is 28.1. The van der Waals surface area contributed by atoms with Crippen molar-refractivity contribution in [3.05, 3.63) is 0 Å². The standard InChI is InChI=1S/C14H24N2O/c17-13(15-12-4-2-1-3-5-12)16-10-8-14(6-7-14)9-11-16/h12H,1-11H2,(H,15,17). The van der Waals surface area contributed by atoms with E-state index in [0.717, 1.165) is 13.1 Å². The van der Waals surface area contributed by atoms with Gasteiger partial charge in [0.15, 0.2) is 0 Å². The van der Waals surface area contributed by atoms with E-state index >= 15 is 0 Å². The van der Waals surface area contributed by atoms with Crippen molar-refractivity contribution >= 4 is 6.03 Å². The highest BCUT2D eigenvalue weighted by molar-refractivity contribution is 5.74. The van der Waals surface area contributed by atoms with E-state index in [1.165, 1.54) is 57.8 Å². The van der Waals surface area contributed by atoms with Gasteiger partial charge in [-0.2, -0.15) is 0 Å². The molecule has 17 heavy (non-hydrogen) atoms. The fourth-order valence-corrected chi connectivity index (χ4v) is 3.37. The molecule has 2 aliphatic carbocycles. The van der Waals surface area contributed by atoms with Crippen LogP contribution in [0, 0.1) is 5.41 Å². The van der Waals surface area contributed by atoms with Gasteiger partial charge < -0.3 is 10.2 Å². The van der Waals surface area contributed by atoms with Crippen LogP contribution in [0.4, 0.5) is 4.79 Å². The van der Waals surface area contributed by atoms with E-state index in [-0.39, 0.29) is 6.03 Å². The minimum Gasteiger partial charge on any atom is -0.335 e. The Hall–Kier alpha value is -0.730. The maximum Gasteiger partial charge on any atom is 0.317 e. The van der Waals surface area contributed by atoms with Crippen molar-refractivity contribution in [1.29, 1.82) is 0 Å². The highest BCUT2D eigenvalue weighted by Crippen LogP contribution is 2.53. The van der Waals surface area contributed by atoms with Crippen molar-refractivity contribution in [1.82, 2.24) is 10.2 Å². The Bertz CT molecular complexity index is 283. The van der Waals surface area contributed by atoms with Crippen LogP contribution in [0.1, 0.15) is 57.8 Å². The van der Waals surface area contributed by atoms with E-state index < -0.39 is 0 Å². The third-order valence-electron chi connectivity index (χ3n) is 5.00. The summed E-state index contributed by atoms with van der Waals surface area (Å²) in [5.41, 5.74) is 0.668. The molecule has 0 aromatic heterocycles. The number of hydrogen-bond donors (Lipinski definition) is 1. The van der Waals surface area contributed by atoms with Crippen molar-refractivity contribution in [3.8, 4) is 0 Å². The molecule has 2 amide bonds. The Labute approximate surface area is 104 Å². The average molecular weight is 236 g/mol. The van der Waals surface area contributed by atoms with Crippen molar-refractivity contribution in [2.24, 2.45) is 5.41 Å². The van der Waals surface area contributed by atoms with Crippen molar-refractivity contribution in [2.75, 3.05) is 13.1 Å². The number of hydrogen-bond acceptors (Lipinski definition) is 1. The van der Waals surface area contributed by atoms with Crippen LogP contribution in [0.25, 0.3) is 0 Å². The predicted octanol–water partition coefficient (Wildman–Crippen LogP) is 2.90. The topological polar surface area (TPSA) is 32.3 Å². The van der Waals surface area contributed by atoms with E-state index in [9.17, 15) is 4.79 Å². The van der Waals surface area contributed by atoms with E-state index in [1.807, 2.05) is 4.90 Å². The molecular formula is C14H24N2O. The van der Waals surface area contributed by atoms with Crippen LogP contribution >= 0.6 is 0 Å². The van der Waals surface area contributed by atoms with Crippen LogP contribution in [0.5, 0.6) is 0 Å². The fourth-order valence-electron chi connectivity index (χ4n) is 3.37. The maximum absolute atomic E-state index is 12.1. The highest BCUT2D eigenvalue weighted by Gasteiger charge is 2.45. The minimum absolute atomic E-state index is 0.201. The summed E-state index contributed by atoms with van der Waals surface area (Å²) in [5.74, 6) is 0. The molecule has 1 spiro atoms. The lowest BCUT2D eigenvalue weighted by atomic mass is 9.93. The largest absolute Gasteiger partial charge is 0.335 e. The zero-order chi connectivity index (χ0) is 11.7. The Morgan fingerprint density at radius 1 is 1.00 bits per heavy atom. The molecule has 1 aliphatic heterocycles. The third kappa shape index (κ3) is 2.58. The van der Waals surface area contributed by atoms with Crippen LogP contribution in [0.15, 0.2) is 0 Å². The Balaban J connectivity index is 1.45. The summed E-state index contributed by atoms with van der Waals surface area (Å²) in [5, 5.41) is 3.22. The number of amides is 2. The minimum atomic E-state index is 0.201. The summed E-state index contributed by atoms with van der Waals surface area (Å²) < 4.78 is 0. The van der Waals surface area contributed by atoms with E-state index in [4.69, 9.17) is 0 Å². The van der Waals surface area contributed by atoms with Gasteiger partial charge in [0, 0.05) is 19.1 Å². The van der Waals surface area contributed by atoms with Gasteiger partial charge in [-0.15, -0.1) is 0 Å². The van der Waals surface area contributed by atoms with Crippen LogP contribution < -0.4 is 5.32 Å². The van der Waals surface area contributed by atoms with Gasteiger partial charge in [-0.1, -0.05) is 19.3 Å². The van der Waals surface area contributed by atoms with Crippen LogP contribution in [0.2, 0.25) is 0 Å². The summed E-state index contributed by atoms with van der Waals surface area (Å²) in [7, 11) is 0. The lowest BCUT2D eigenvalue weighted by Crippen LogP contribution is -2.48. The zero-order valence-corrected chi connectivity index (χ0v) is 10.7. The number of urea groups is 1. The first-order valence-electron chi connectivity index (χ1n) is 7.33. The molecule has 3 heteroatoms. The van der Waals surface area contributed by atoms with Gasteiger partial charge in [0.05, 0.1) is 0 Å². The second kappa shape index (κ2) is 4.51. The van der Waals surface area contributed by atoms with Crippen LogP contribution in [0.3, 0.4) is 0 Å². The zero-order valence-electron chi connectivity index (χ0n) is 10.7. The number of rotatable bonds is 1. The molecule has 96 valence electrons. The molecule has 0 unspecified atom stereocenters. The molecule has 3 rings (SSSR count). The maximum atomic E-state index is 12.1.